The van der Waals surface area contributed by atoms with Crippen molar-refractivity contribution < 1.29 is 27.4 Å². The van der Waals surface area contributed by atoms with Gasteiger partial charge in [-0.25, -0.2) is 5.84 Å². The number of nitrogen functional groups attached to an aromatic ring is 1. The highest BCUT2D eigenvalue weighted by molar-refractivity contribution is 7.79. The smallest absolute Gasteiger partial charge is 0.394 e. The average molecular weight is 292 g/mol. The molecule has 0 aliphatic carbocycles. The summed E-state index contributed by atoms with van der Waals surface area (Å²) in [5.41, 5.74) is 3.18. The summed E-state index contributed by atoms with van der Waals surface area (Å²) in [5.74, 6) is 4.75. The van der Waals surface area contributed by atoms with Crippen LogP contribution in [0, 0.1) is 0 Å². The average Bonchev–Trinajstić information content (AvgIpc) is 2.26. The van der Waals surface area contributed by atoms with E-state index in [1.165, 1.54) is 6.07 Å². The maximum atomic E-state index is 11.2. The zero-order valence-corrected chi connectivity index (χ0v) is 11.2. The highest BCUT2D eigenvalue weighted by atomic mass is 32.3. The summed E-state index contributed by atoms with van der Waals surface area (Å²) in [6.07, 6.45) is 0. The molecule has 0 bridgehead atoms. The van der Waals surface area contributed by atoms with Gasteiger partial charge in [-0.3, -0.25) is 19.3 Å². The van der Waals surface area contributed by atoms with Crippen molar-refractivity contribution in [3.05, 3.63) is 29.3 Å². The van der Waals surface area contributed by atoms with E-state index in [2.05, 4.69) is 0 Å². The minimum atomic E-state index is -4.67. The predicted octanol–water partition coefficient (Wildman–Crippen LogP) is 0.466. The van der Waals surface area contributed by atoms with Gasteiger partial charge in [-0.1, -0.05) is 19.9 Å². The molecule has 8 nitrogen and oxygen atoms in total. The van der Waals surface area contributed by atoms with Crippen LogP contribution in [0.2, 0.25) is 0 Å². The molecule has 1 aromatic rings. The molecule has 0 saturated heterocycles. The number of phenols is 1. The van der Waals surface area contributed by atoms with Crippen LogP contribution in [0.1, 0.15) is 35.7 Å². The van der Waals surface area contributed by atoms with E-state index in [1.54, 1.807) is 12.1 Å². The molecule has 6 N–H and O–H groups in total. The van der Waals surface area contributed by atoms with Crippen molar-refractivity contribution in [2.45, 2.75) is 19.8 Å². The van der Waals surface area contributed by atoms with Crippen LogP contribution in [0.4, 0.5) is 0 Å². The van der Waals surface area contributed by atoms with Crippen molar-refractivity contribution in [2.75, 3.05) is 0 Å². The summed E-state index contributed by atoms with van der Waals surface area (Å²) >= 11 is 0. The molecule has 1 rings (SSSR count). The Kier molecular flexibility index (Phi) is 6.42. The van der Waals surface area contributed by atoms with Crippen LogP contribution in [0.25, 0.3) is 0 Å². The number of nitrogens with one attached hydrogen (secondary N) is 1. The minimum absolute atomic E-state index is 0.0580. The molecule has 0 unspecified atom stereocenters. The fourth-order valence-corrected chi connectivity index (χ4v) is 1.17. The van der Waals surface area contributed by atoms with Crippen LogP contribution >= 0.6 is 0 Å². The van der Waals surface area contributed by atoms with Gasteiger partial charge in [0.15, 0.2) is 0 Å². The van der Waals surface area contributed by atoms with Crippen LogP contribution in [-0.2, 0) is 10.4 Å². The Bertz CT molecular complexity index is 533. The highest BCUT2D eigenvalue weighted by Crippen LogP contribution is 2.22. The molecule has 1 aromatic carbocycles. The number of hydrogen-bond acceptors (Lipinski definition) is 5. The molecule has 0 spiro atoms. The lowest BCUT2D eigenvalue weighted by atomic mass is 10.00. The van der Waals surface area contributed by atoms with E-state index in [0.717, 1.165) is 5.56 Å². The minimum Gasteiger partial charge on any atom is -0.507 e. The Hall–Kier alpha value is -1.68. The van der Waals surface area contributed by atoms with Gasteiger partial charge < -0.3 is 5.11 Å². The lowest BCUT2D eigenvalue weighted by Crippen LogP contribution is -2.30. The van der Waals surface area contributed by atoms with Crippen LogP contribution in [0.3, 0.4) is 0 Å². The fourth-order valence-electron chi connectivity index (χ4n) is 1.17. The quantitative estimate of drug-likeness (QED) is 0.230. The largest absolute Gasteiger partial charge is 0.507 e. The van der Waals surface area contributed by atoms with Gasteiger partial charge in [-0.2, -0.15) is 8.42 Å². The molecule has 0 aliphatic rings. The molecule has 19 heavy (non-hydrogen) atoms. The molecular weight excluding hydrogens is 276 g/mol. The second-order valence-electron chi connectivity index (χ2n) is 3.85. The predicted molar refractivity (Wildman–Crippen MR) is 68.0 cm³/mol. The van der Waals surface area contributed by atoms with Gasteiger partial charge in [0.2, 0.25) is 0 Å². The highest BCUT2D eigenvalue weighted by Gasteiger charge is 2.11. The van der Waals surface area contributed by atoms with Crippen molar-refractivity contribution in [3.8, 4) is 5.75 Å². The number of phenolic OH excluding ortho intramolecular Hbond substituents is 1. The second-order valence-corrected chi connectivity index (χ2v) is 4.75. The summed E-state index contributed by atoms with van der Waals surface area (Å²) in [4.78, 5) is 11.2. The van der Waals surface area contributed by atoms with Crippen LogP contribution in [0.5, 0.6) is 5.75 Å². The number of rotatable bonds is 2. The maximum absolute atomic E-state index is 11.2. The summed E-state index contributed by atoms with van der Waals surface area (Å²) < 4.78 is 31.6. The van der Waals surface area contributed by atoms with E-state index in [0.29, 0.717) is 5.92 Å². The summed E-state index contributed by atoms with van der Waals surface area (Å²) in [5, 5.41) is 9.40. The molecule has 1 amide bonds. The molecule has 0 fully saturated rings. The molecule has 108 valence electrons. The number of hydrazine groups is 1. The maximum Gasteiger partial charge on any atom is 0.394 e. The first-order valence-electron chi connectivity index (χ1n) is 5.10. The van der Waals surface area contributed by atoms with Gasteiger partial charge in [0.05, 0.1) is 5.56 Å². The van der Waals surface area contributed by atoms with E-state index in [-0.39, 0.29) is 11.3 Å². The van der Waals surface area contributed by atoms with E-state index >= 15 is 0 Å². The Morgan fingerprint density at radius 2 is 1.79 bits per heavy atom. The fraction of sp³-hybridized carbons (Fsp3) is 0.300. The standard InChI is InChI=1S/C10H14N2O2.H2O4S/c1-6(2)7-3-4-9(13)8(5-7)10(14)12-11;1-5(2,3)4/h3-6,13H,11H2,1-2H3,(H,12,14);(H2,1,2,3,4). The van der Waals surface area contributed by atoms with E-state index in [9.17, 15) is 9.90 Å². The zero-order valence-electron chi connectivity index (χ0n) is 10.4. The molecule has 9 heteroatoms. The number of hydrogen-bond donors (Lipinski definition) is 5. The zero-order chi connectivity index (χ0) is 15.2. The Morgan fingerprint density at radius 1 is 1.32 bits per heavy atom. The van der Waals surface area contributed by atoms with Crippen molar-refractivity contribution >= 4 is 16.3 Å². The third kappa shape index (κ3) is 7.36. The first-order valence-corrected chi connectivity index (χ1v) is 6.49. The summed E-state index contributed by atoms with van der Waals surface area (Å²) in [6, 6.07) is 4.93. The molecule has 0 aromatic heterocycles. The van der Waals surface area contributed by atoms with Gasteiger partial charge in [0.25, 0.3) is 5.91 Å². The Labute approximate surface area is 110 Å². The van der Waals surface area contributed by atoms with Crippen molar-refractivity contribution in [1.82, 2.24) is 5.43 Å². The van der Waals surface area contributed by atoms with Crippen molar-refractivity contribution in [2.24, 2.45) is 5.84 Å². The van der Waals surface area contributed by atoms with E-state index in [4.69, 9.17) is 23.4 Å². The summed E-state index contributed by atoms with van der Waals surface area (Å²) in [6.45, 7) is 4.02. The number of carbonyl (C=O) groups is 1. The number of aromatic hydroxyl groups is 1. The van der Waals surface area contributed by atoms with E-state index in [1.807, 2.05) is 19.3 Å². The van der Waals surface area contributed by atoms with Gasteiger partial charge in [0, 0.05) is 0 Å². The molecule has 0 heterocycles. The molecule has 0 radical (unpaired) electrons. The molecule has 0 saturated carbocycles. The van der Waals surface area contributed by atoms with Crippen LogP contribution in [0.15, 0.2) is 18.2 Å². The van der Waals surface area contributed by atoms with Crippen molar-refractivity contribution in [3.63, 3.8) is 0 Å². The Balaban J connectivity index is 0.000000555. The second kappa shape index (κ2) is 7.04. The van der Waals surface area contributed by atoms with Gasteiger partial charge in [-0.15, -0.1) is 0 Å². The number of nitrogens with two attached hydrogens (primary N) is 1. The lowest BCUT2D eigenvalue weighted by molar-refractivity contribution is 0.0951. The number of amides is 1. The van der Waals surface area contributed by atoms with Crippen molar-refractivity contribution in [1.29, 1.82) is 0 Å². The van der Waals surface area contributed by atoms with Crippen LogP contribution in [-0.4, -0.2) is 28.5 Å². The molecule has 0 atom stereocenters. The number of carbonyl (C=O) groups excluding carboxylic acids is 1. The van der Waals surface area contributed by atoms with Gasteiger partial charge in [-0.05, 0) is 23.6 Å². The molecular formula is C10H16N2O6S. The number of benzene rings is 1. The Morgan fingerprint density at radius 3 is 2.16 bits per heavy atom. The molecule has 0 aliphatic heterocycles. The van der Waals surface area contributed by atoms with Crippen LogP contribution < -0.4 is 11.3 Å². The van der Waals surface area contributed by atoms with Gasteiger partial charge >= 0.3 is 10.4 Å². The normalized spacial score (nSPS) is 10.6. The first-order chi connectivity index (χ1) is 8.56. The third-order valence-corrected chi connectivity index (χ3v) is 2.06. The SMILES string of the molecule is CC(C)c1ccc(O)c(C(=O)NN)c1.O=S(=O)(O)O. The monoisotopic (exact) mass is 292 g/mol. The first kappa shape index (κ1) is 17.3. The lowest BCUT2D eigenvalue weighted by Gasteiger charge is -2.08. The third-order valence-electron chi connectivity index (χ3n) is 2.06. The summed E-state index contributed by atoms with van der Waals surface area (Å²) in [7, 11) is -4.67. The topological polar surface area (TPSA) is 150 Å². The van der Waals surface area contributed by atoms with Gasteiger partial charge in [0.1, 0.15) is 5.75 Å². The van der Waals surface area contributed by atoms with E-state index < -0.39 is 16.3 Å².